The fourth-order valence-electron chi connectivity index (χ4n) is 5.81. The maximum absolute atomic E-state index is 15.7. The smallest absolute Gasteiger partial charge is 0.264 e. The quantitative estimate of drug-likeness (QED) is 0.504. The van der Waals surface area contributed by atoms with Crippen molar-refractivity contribution in [1.29, 1.82) is 0 Å². The van der Waals surface area contributed by atoms with Gasteiger partial charge in [0.2, 0.25) is 11.8 Å². The summed E-state index contributed by atoms with van der Waals surface area (Å²) < 4.78 is 60.7. The zero-order valence-electron chi connectivity index (χ0n) is 19.6. The van der Waals surface area contributed by atoms with Crippen LogP contribution in [0.25, 0.3) is 10.9 Å². The molecule has 4 heterocycles. The Bertz CT molecular complexity index is 1160. The van der Waals surface area contributed by atoms with Crippen molar-refractivity contribution in [2.75, 3.05) is 32.7 Å². The first-order chi connectivity index (χ1) is 16.7. The third-order valence-electron chi connectivity index (χ3n) is 7.76. The van der Waals surface area contributed by atoms with E-state index in [1.165, 1.54) is 10.7 Å². The summed E-state index contributed by atoms with van der Waals surface area (Å²) in [5.74, 6) is -6.88. The molecule has 3 aliphatic heterocycles. The number of imide groups is 1. The van der Waals surface area contributed by atoms with Crippen LogP contribution in [0.3, 0.4) is 0 Å². The van der Waals surface area contributed by atoms with Gasteiger partial charge in [0.15, 0.2) is 5.82 Å². The minimum atomic E-state index is -2.75. The van der Waals surface area contributed by atoms with Crippen LogP contribution in [0.15, 0.2) is 6.07 Å². The lowest BCUT2D eigenvalue weighted by molar-refractivity contribution is -0.134. The molecule has 0 radical (unpaired) electrons. The number of halogens is 4. The van der Waals surface area contributed by atoms with Crippen molar-refractivity contribution in [3.63, 3.8) is 0 Å². The first-order valence-electron chi connectivity index (χ1n) is 12.1. The van der Waals surface area contributed by atoms with Crippen LogP contribution in [0.1, 0.15) is 55.2 Å². The molecule has 0 bridgehead atoms. The number of alkyl halides is 2. The van der Waals surface area contributed by atoms with Crippen LogP contribution < -0.4 is 10.6 Å². The number of rotatable bonds is 4. The third kappa shape index (κ3) is 4.44. The Morgan fingerprint density at radius 2 is 1.89 bits per heavy atom. The zero-order chi connectivity index (χ0) is 24.9. The number of carbonyl (C=O) groups is 2. The van der Waals surface area contributed by atoms with Crippen LogP contribution in [0.5, 0.6) is 0 Å². The number of hydrogen-bond donors (Lipinski definition) is 2. The highest BCUT2D eigenvalue weighted by atomic mass is 19.3. The van der Waals surface area contributed by atoms with Crippen LogP contribution in [0.4, 0.5) is 17.6 Å². The predicted octanol–water partition coefficient (Wildman–Crippen LogP) is 2.80. The van der Waals surface area contributed by atoms with E-state index in [4.69, 9.17) is 0 Å². The van der Waals surface area contributed by atoms with E-state index in [-0.39, 0.29) is 59.9 Å². The Morgan fingerprint density at radius 3 is 2.57 bits per heavy atom. The molecule has 2 atom stereocenters. The lowest BCUT2D eigenvalue weighted by atomic mass is 9.86. The van der Waals surface area contributed by atoms with Gasteiger partial charge in [-0.15, -0.1) is 0 Å². The lowest BCUT2D eigenvalue weighted by Crippen LogP contribution is -2.51. The van der Waals surface area contributed by atoms with Crippen LogP contribution in [0, 0.1) is 17.6 Å². The van der Waals surface area contributed by atoms with E-state index in [0.29, 0.717) is 38.9 Å². The van der Waals surface area contributed by atoms with Gasteiger partial charge in [0, 0.05) is 36.9 Å². The third-order valence-corrected chi connectivity index (χ3v) is 7.76. The number of piperidine rings is 3. The van der Waals surface area contributed by atoms with Crippen molar-refractivity contribution in [2.45, 2.75) is 49.9 Å². The Morgan fingerprint density at radius 1 is 1.14 bits per heavy atom. The lowest BCUT2D eigenvalue weighted by Gasteiger charge is -2.38. The fourth-order valence-corrected chi connectivity index (χ4v) is 5.81. The largest absolute Gasteiger partial charge is 0.311 e. The molecule has 2 N–H and O–H groups in total. The van der Waals surface area contributed by atoms with Gasteiger partial charge in [0.05, 0.1) is 18.2 Å². The monoisotopic (exact) mass is 495 g/mol. The molecule has 11 heteroatoms. The maximum Gasteiger partial charge on any atom is 0.264 e. The van der Waals surface area contributed by atoms with Gasteiger partial charge in [-0.2, -0.15) is 5.10 Å². The second-order valence-corrected chi connectivity index (χ2v) is 9.99. The number of carbonyl (C=O) groups excluding carboxylic acids is 2. The number of amides is 2. The van der Waals surface area contributed by atoms with E-state index in [2.05, 4.69) is 15.7 Å². The summed E-state index contributed by atoms with van der Waals surface area (Å²) in [5.41, 5.74) is 0.370. The van der Waals surface area contributed by atoms with Gasteiger partial charge in [-0.3, -0.25) is 19.6 Å². The van der Waals surface area contributed by atoms with Crippen molar-refractivity contribution in [3.05, 3.63) is 29.0 Å². The highest BCUT2D eigenvalue weighted by molar-refractivity contribution is 6.02. The van der Waals surface area contributed by atoms with Gasteiger partial charge in [-0.25, -0.2) is 17.6 Å². The van der Waals surface area contributed by atoms with Crippen LogP contribution >= 0.6 is 0 Å². The average molecular weight is 496 g/mol. The van der Waals surface area contributed by atoms with Crippen molar-refractivity contribution < 1.29 is 27.2 Å². The topological polar surface area (TPSA) is 79.3 Å². The highest BCUT2D eigenvalue weighted by Crippen LogP contribution is 2.39. The average Bonchev–Trinajstić information content (AvgIpc) is 3.12. The van der Waals surface area contributed by atoms with Crippen molar-refractivity contribution >= 4 is 22.7 Å². The van der Waals surface area contributed by atoms with Gasteiger partial charge in [-0.1, -0.05) is 0 Å². The second-order valence-electron chi connectivity index (χ2n) is 9.99. The summed E-state index contributed by atoms with van der Waals surface area (Å²) in [6, 6.07) is 1.24. The Balaban J connectivity index is 1.36. The molecule has 5 rings (SSSR count). The molecular weight excluding hydrogens is 466 g/mol. The molecule has 2 amide bonds. The summed E-state index contributed by atoms with van der Waals surface area (Å²) in [7, 11) is 1.55. The number of nitrogens with one attached hydrogen (secondary N) is 2. The van der Waals surface area contributed by atoms with E-state index in [1.807, 2.05) is 4.90 Å². The first kappa shape index (κ1) is 24.2. The Labute approximate surface area is 200 Å². The van der Waals surface area contributed by atoms with E-state index in [1.54, 1.807) is 7.05 Å². The molecule has 3 fully saturated rings. The van der Waals surface area contributed by atoms with Crippen LogP contribution in [-0.4, -0.2) is 65.1 Å². The molecular formula is C24H29F4N5O2. The number of fused-ring (bicyclic) bond motifs is 1. The zero-order valence-corrected chi connectivity index (χ0v) is 19.6. The summed E-state index contributed by atoms with van der Waals surface area (Å²) in [6.07, 6.45) is 1.71. The highest BCUT2D eigenvalue weighted by Gasteiger charge is 2.42. The molecule has 7 nitrogen and oxygen atoms in total. The molecule has 1 aromatic heterocycles. The summed E-state index contributed by atoms with van der Waals surface area (Å²) in [6.45, 7) is 1.53. The van der Waals surface area contributed by atoms with Crippen molar-refractivity contribution in [2.24, 2.45) is 13.0 Å². The van der Waals surface area contributed by atoms with E-state index >= 15 is 8.78 Å². The number of likely N-dealkylation sites (tertiary alicyclic amines) is 1. The first-order valence-corrected chi connectivity index (χ1v) is 12.1. The van der Waals surface area contributed by atoms with Gasteiger partial charge in [0.1, 0.15) is 11.3 Å². The second kappa shape index (κ2) is 9.16. The van der Waals surface area contributed by atoms with Gasteiger partial charge in [-0.05, 0) is 57.3 Å². The van der Waals surface area contributed by atoms with E-state index in [9.17, 15) is 18.4 Å². The fraction of sp³-hybridized carbons (Fsp3) is 0.625. The molecule has 3 aliphatic rings. The normalized spacial score (nSPS) is 26.3. The Hall–Kier alpha value is -2.53. The Kier molecular flexibility index (Phi) is 6.33. The molecule has 3 saturated heterocycles. The van der Waals surface area contributed by atoms with Crippen LogP contribution in [0.2, 0.25) is 0 Å². The van der Waals surface area contributed by atoms with E-state index < -0.39 is 35.3 Å². The molecule has 2 aromatic rings. The molecule has 190 valence electrons. The molecule has 0 spiro atoms. The van der Waals surface area contributed by atoms with Gasteiger partial charge < -0.3 is 10.2 Å². The summed E-state index contributed by atoms with van der Waals surface area (Å²) in [5, 5.41) is 9.55. The summed E-state index contributed by atoms with van der Waals surface area (Å²) >= 11 is 0. The van der Waals surface area contributed by atoms with Crippen LogP contribution in [-0.2, 0) is 16.6 Å². The van der Waals surface area contributed by atoms with Gasteiger partial charge >= 0.3 is 0 Å². The number of nitrogens with zero attached hydrogens (tertiary/aromatic N) is 3. The molecule has 1 aromatic carbocycles. The number of benzene rings is 1. The minimum Gasteiger partial charge on any atom is -0.311 e. The minimum absolute atomic E-state index is 0.0119. The standard InChI is InChI=1S/C24H29F4N5O2/c1-32-22-16(21(31-32)15-2-3-18(34)30-23(15)35)10-17(25)19(20(22)26)13-5-8-33(9-6-13)11-14-4-7-29-12-24(14,27)28/h10,13-15,29H,2-9,11-12H2,1H3,(H,30,34,35)/t14-,15?/m0/s1. The van der Waals surface area contributed by atoms with E-state index in [0.717, 1.165) is 0 Å². The maximum atomic E-state index is 15.7. The summed E-state index contributed by atoms with van der Waals surface area (Å²) in [4.78, 5) is 25.8. The SMILES string of the molecule is Cn1nc(C2CCC(=O)NC2=O)c2cc(F)c(C3CCN(C[C@@H]4CCNCC4(F)F)CC3)c(F)c21. The molecule has 1 unspecified atom stereocenters. The molecule has 0 saturated carbocycles. The molecule has 0 aliphatic carbocycles. The predicted molar refractivity (Wildman–Crippen MR) is 120 cm³/mol. The van der Waals surface area contributed by atoms with Crippen molar-refractivity contribution in [3.8, 4) is 0 Å². The van der Waals surface area contributed by atoms with Crippen molar-refractivity contribution in [1.82, 2.24) is 25.3 Å². The number of aromatic nitrogens is 2. The van der Waals surface area contributed by atoms with Gasteiger partial charge in [0.25, 0.3) is 5.92 Å². The number of hydrogen-bond acceptors (Lipinski definition) is 5. The number of aryl methyl sites for hydroxylation is 1. The molecule has 35 heavy (non-hydrogen) atoms.